The molecule has 0 bridgehead atoms. The first-order chi connectivity index (χ1) is 6.18. The zero-order chi connectivity index (χ0) is 9.68. The predicted molar refractivity (Wildman–Crippen MR) is 58.8 cm³/mol. The first-order valence-corrected chi connectivity index (χ1v) is 5.49. The molecule has 0 heterocycles. The van der Waals surface area contributed by atoms with Crippen molar-refractivity contribution in [2.75, 3.05) is 6.61 Å². The van der Waals surface area contributed by atoms with E-state index in [4.69, 9.17) is 22.7 Å². The largest absolute Gasteiger partial charge is 0.393 e. The molecule has 1 rings (SSSR count). The minimum absolute atomic E-state index is 0.463. The van der Waals surface area contributed by atoms with Crippen LogP contribution < -0.4 is 5.73 Å². The molecule has 0 aromatic carbocycles. The van der Waals surface area contributed by atoms with E-state index in [0.29, 0.717) is 17.7 Å². The zero-order valence-corrected chi connectivity index (χ0v) is 9.11. The molecule has 76 valence electrons. The Bertz CT molecular complexity index is 164. The van der Waals surface area contributed by atoms with Gasteiger partial charge in [0, 0.05) is 6.42 Å². The van der Waals surface area contributed by atoms with Gasteiger partial charge in [-0.15, -0.1) is 0 Å². The summed E-state index contributed by atoms with van der Waals surface area (Å²) < 4.78 is 5.67. The minimum Gasteiger partial charge on any atom is -0.393 e. The van der Waals surface area contributed by atoms with Gasteiger partial charge >= 0.3 is 0 Å². The van der Waals surface area contributed by atoms with Crippen molar-refractivity contribution in [2.45, 2.75) is 45.1 Å². The Hall–Kier alpha value is -0.150. The monoisotopic (exact) mass is 201 g/mol. The molecule has 0 atom stereocenters. The first kappa shape index (κ1) is 10.9. The molecular weight excluding hydrogens is 182 g/mol. The van der Waals surface area contributed by atoms with Gasteiger partial charge in [-0.1, -0.05) is 19.1 Å². The fourth-order valence-corrected chi connectivity index (χ4v) is 1.81. The van der Waals surface area contributed by atoms with Crippen molar-refractivity contribution in [1.29, 1.82) is 0 Å². The van der Waals surface area contributed by atoms with Crippen LogP contribution in [0.15, 0.2) is 0 Å². The summed E-state index contributed by atoms with van der Waals surface area (Å²) in [4.78, 5) is 0.559. The van der Waals surface area contributed by atoms with E-state index >= 15 is 0 Å². The summed E-state index contributed by atoms with van der Waals surface area (Å²) in [5.41, 5.74) is 5.38. The normalized spacial score (nSPS) is 28.7. The summed E-state index contributed by atoms with van der Waals surface area (Å²) in [6.07, 6.45) is 6.21. The van der Waals surface area contributed by atoms with E-state index in [1.165, 1.54) is 25.7 Å². The van der Waals surface area contributed by atoms with E-state index in [9.17, 15) is 0 Å². The molecule has 2 N–H and O–H groups in total. The molecule has 1 saturated carbocycles. The average molecular weight is 201 g/mol. The molecule has 0 unspecified atom stereocenters. The maximum atomic E-state index is 5.67. The Balaban J connectivity index is 2.05. The van der Waals surface area contributed by atoms with E-state index in [2.05, 4.69) is 6.92 Å². The third-order valence-electron chi connectivity index (χ3n) is 2.66. The number of rotatable bonds is 4. The van der Waals surface area contributed by atoms with E-state index in [-0.39, 0.29) is 0 Å². The summed E-state index contributed by atoms with van der Waals surface area (Å²) in [7, 11) is 0. The van der Waals surface area contributed by atoms with Crippen LogP contribution in [0.1, 0.15) is 39.0 Å². The van der Waals surface area contributed by atoms with Gasteiger partial charge in [-0.3, -0.25) is 0 Å². The van der Waals surface area contributed by atoms with Crippen molar-refractivity contribution in [3.05, 3.63) is 0 Å². The van der Waals surface area contributed by atoms with E-state index in [1.807, 2.05) is 0 Å². The Labute approximate surface area is 85.8 Å². The lowest BCUT2D eigenvalue weighted by atomic mass is 9.89. The van der Waals surface area contributed by atoms with Gasteiger partial charge in [0.2, 0.25) is 0 Å². The first-order valence-electron chi connectivity index (χ1n) is 5.08. The lowest BCUT2D eigenvalue weighted by Crippen LogP contribution is -2.22. The Morgan fingerprint density at radius 3 is 2.54 bits per heavy atom. The van der Waals surface area contributed by atoms with Gasteiger partial charge in [-0.05, 0) is 31.6 Å². The maximum Gasteiger partial charge on any atom is 0.0750 e. The molecule has 0 spiro atoms. The minimum atomic E-state index is 0.463. The highest BCUT2D eigenvalue weighted by Crippen LogP contribution is 2.25. The summed E-state index contributed by atoms with van der Waals surface area (Å²) in [5.74, 6) is 0.885. The average Bonchev–Trinajstić information content (AvgIpc) is 2.08. The second-order valence-corrected chi connectivity index (χ2v) is 4.49. The molecule has 0 amide bonds. The zero-order valence-electron chi connectivity index (χ0n) is 8.29. The van der Waals surface area contributed by atoms with Crippen LogP contribution >= 0.6 is 12.2 Å². The van der Waals surface area contributed by atoms with Gasteiger partial charge in [0.15, 0.2) is 0 Å². The molecular formula is C10H19NOS. The Morgan fingerprint density at radius 1 is 1.38 bits per heavy atom. The van der Waals surface area contributed by atoms with Gasteiger partial charge in [0.25, 0.3) is 0 Å². The number of hydrogen-bond acceptors (Lipinski definition) is 2. The van der Waals surface area contributed by atoms with Crippen molar-refractivity contribution in [2.24, 2.45) is 11.7 Å². The number of thiocarbonyl (C=S) groups is 1. The standard InChI is InChI=1S/C10H19NOS/c1-8-2-4-9(5-3-8)12-7-6-10(11)13/h8-9H,2-7H2,1H3,(H2,11,13). The van der Waals surface area contributed by atoms with Crippen LogP contribution in [-0.2, 0) is 4.74 Å². The highest BCUT2D eigenvalue weighted by molar-refractivity contribution is 7.80. The lowest BCUT2D eigenvalue weighted by molar-refractivity contribution is 0.0239. The molecule has 13 heavy (non-hydrogen) atoms. The van der Waals surface area contributed by atoms with Gasteiger partial charge in [0.1, 0.15) is 0 Å². The van der Waals surface area contributed by atoms with Crippen LogP contribution in [0.5, 0.6) is 0 Å². The van der Waals surface area contributed by atoms with Crippen LogP contribution in [0.2, 0.25) is 0 Å². The molecule has 0 saturated heterocycles. The molecule has 1 aliphatic rings. The number of hydrogen-bond donors (Lipinski definition) is 1. The molecule has 0 aromatic heterocycles. The highest BCUT2D eigenvalue weighted by atomic mass is 32.1. The van der Waals surface area contributed by atoms with E-state index in [0.717, 1.165) is 12.3 Å². The molecule has 1 fully saturated rings. The predicted octanol–water partition coefficient (Wildman–Crippen LogP) is 2.26. The summed E-state index contributed by atoms with van der Waals surface area (Å²) in [5, 5.41) is 0. The van der Waals surface area contributed by atoms with Crippen LogP contribution in [0.4, 0.5) is 0 Å². The van der Waals surface area contributed by atoms with Crippen molar-refractivity contribution in [1.82, 2.24) is 0 Å². The van der Waals surface area contributed by atoms with Crippen LogP contribution in [0, 0.1) is 5.92 Å². The van der Waals surface area contributed by atoms with E-state index < -0.39 is 0 Å². The van der Waals surface area contributed by atoms with Crippen LogP contribution in [0.25, 0.3) is 0 Å². The summed E-state index contributed by atoms with van der Waals surface area (Å²) in [6, 6.07) is 0. The molecule has 1 aliphatic carbocycles. The third kappa shape index (κ3) is 4.58. The van der Waals surface area contributed by atoms with Gasteiger partial charge in [-0.25, -0.2) is 0 Å². The topological polar surface area (TPSA) is 35.2 Å². The smallest absolute Gasteiger partial charge is 0.0750 e. The van der Waals surface area contributed by atoms with Crippen LogP contribution in [0.3, 0.4) is 0 Å². The molecule has 2 nitrogen and oxygen atoms in total. The van der Waals surface area contributed by atoms with Crippen molar-refractivity contribution >= 4 is 17.2 Å². The molecule has 0 aliphatic heterocycles. The quantitative estimate of drug-likeness (QED) is 0.709. The molecule has 3 heteroatoms. The Kier molecular flexibility index (Phi) is 4.67. The fourth-order valence-electron chi connectivity index (χ4n) is 1.72. The number of nitrogens with two attached hydrogens (primary N) is 1. The Morgan fingerprint density at radius 2 is 2.00 bits per heavy atom. The summed E-state index contributed by atoms with van der Waals surface area (Å²) in [6.45, 7) is 3.01. The molecule has 0 radical (unpaired) electrons. The number of ether oxygens (including phenoxy) is 1. The van der Waals surface area contributed by atoms with E-state index in [1.54, 1.807) is 0 Å². The van der Waals surface area contributed by atoms with Crippen molar-refractivity contribution < 1.29 is 4.74 Å². The second-order valence-electron chi connectivity index (χ2n) is 3.97. The van der Waals surface area contributed by atoms with Gasteiger partial charge < -0.3 is 10.5 Å². The highest BCUT2D eigenvalue weighted by Gasteiger charge is 2.18. The van der Waals surface area contributed by atoms with Crippen molar-refractivity contribution in [3.8, 4) is 0 Å². The maximum absolute atomic E-state index is 5.67. The van der Waals surface area contributed by atoms with Crippen molar-refractivity contribution in [3.63, 3.8) is 0 Å². The summed E-state index contributed by atoms with van der Waals surface area (Å²) >= 11 is 4.78. The third-order valence-corrected chi connectivity index (χ3v) is 2.87. The fraction of sp³-hybridized carbons (Fsp3) is 0.900. The second kappa shape index (κ2) is 5.55. The van der Waals surface area contributed by atoms with Gasteiger partial charge in [-0.2, -0.15) is 0 Å². The SMILES string of the molecule is CC1CCC(OCCC(N)=S)CC1. The van der Waals surface area contributed by atoms with Crippen LogP contribution in [-0.4, -0.2) is 17.7 Å². The lowest BCUT2D eigenvalue weighted by Gasteiger charge is -2.26. The molecule has 0 aromatic rings. The van der Waals surface area contributed by atoms with Gasteiger partial charge in [0.05, 0.1) is 17.7 Å².